The molecule has 4 nitrogen and oxygen atoms in total. The molecule has 0 unspecified atom stereocenters. The molecule has 0 saturated heterocycles. The summed E-state index contributed by atoms with van der Waals surface area (Å²) in [5.74, 6) is 0.0848. The van der Waals surface area contributed by atoms with E-state index >= 15 is 0 Å². The second-order valence-electron chi connectivity index (χ2n) is 8.78. The molecule has 0 aliphatic rings. The molecular weight excluding hydrogens is 520 g/mol. The van der Waals surface area contributed by atoms with Gasteiger partial charge in [-0.15, -0.1) is 11.8 Å². The van der Waals surface area contributed by atoms with E-state index in [-0.39, 0.29) is 23.6 Å². The highest BCUT2D eigenvalue weighted by molar-refractivity contribution is 9.10. The number of hydrogen-bond donors (Lipinski definition) is 1. The molecule has 0 aliphatic heterocycles. The first-order valence-corrected chi connectivity index (χ1v) is 13.7. The number of thioether (sulfide) groups is 1. The van der Waals surface area contributed by atoms with Gasteiger partial charge in [-0.1, -0.05) is 83.0 Å². The lowest BCUT2D eigenvalue weighted by Crippen LogP contribution is -2.52. The highest BCUT2D eigenvalue weighted by Crippen LogP contribution is 2.22. The monoisotopic (exact) mass is 552 g/mol. The van der Waals surface area contributed by atoms with Crippen molar-refractivity contribution in [3.63, 3.8) is 0 Å². The third-order valence-corrected chi connectivity index (χ3v) is 7.39. The van der Waals surface area contributed by atoms with Gasteiger partial charge in [0.15, 0.2) is 0 Å². The van der Waals surface area contributed by atoms with Crippen LogP contribution in [0.1, 0.15) is 37.0 Å². The molecular formula is C29H33BrN2O2S. The number of carbonyl (C=O) groups is 2. The molecule has 2 atom stereocenters. The summed E-state index contributed by atoms with van der Waals surface area (Å²) in [7, 11) is 0. The quantitative estimate of drug-likeness (QED) is 0.280. The Morgan fingerprint density at radius 2 is 1.66 bits per heavy atom. The van der Waals surface area contributed by atoms with Crippen molar-refractivity contribution in [1.29, 1.82) is 0 Å². The van der Waals surface area contributed by atoms with Crippen LogP contribution in [0.5, 0.6) is 0 Å². The van der Waals surface area contributed by atoms with Gasteiger partial charge >= 0.3 is 0 Å². The molecule has 1 N–H and O–H groups in total. The Morgan fingerprint density at radius 3 is 2.31 bits per heavy atom. The van der Waals surface area contributed by atoms with E-state index in [1.165, 1.54) is 17.3 Å². The summed E-state index contributed by atoms with van der Waals surface area (Å²) in [5.41, 5.74) is 3.18. The van der Waals surface area contributed by atoms with Crippen LogP contribution in [0, 0.1) is 6.92 Å². The van der Waals surface area contributed by atoms with E-state index in [1.54, 1.807) is 4.90 Å². The predicted octanol–water partition coefficient (Wildman–Crippen LogP) is 6.40. The van der Waals surface area contributed by atoms with Crippen LogP contribution in [0.25, 0.3) is 0 Å². The molecule has 0 aliphatic carbocycles. The third-order valence-electron chi connectivity index (χ3n) is 5.90. The maximum atomic E-state index is 13.7. The Balaban J connectivity index is 1.90. The van der Waals surface area contributed by atoms with E-state index in [4.69, 9.17) is 0 Å². The van der Waals surface area contributed by atoms with Gasteiger partial charge in [0.05, 0.1) is 5.75 Å². The van der Waals surface area contributed by atoms with Gasteiger partial charge < -0.3 is 10.2 Å². The molecule has 0 fully saturated rings. The summed E-state index contributed by atoms with van der Waals surface area (Å²) >= 11 is 5.03. The van der Waals surface area contributed by atoms with Crippen molar-refractivity contribution in [3.05, 3.63) is 100 Å². The van der Waals surface area contributed by atoms with Crippen LogP contribution in [-0.2, 0) is 22.6 Å². The first-order valence-electron chi connectivity index (χ1n) is 11.9. The standard InChI is InChI=1S/C29H33BrN2O2S/c1-4-22(3)31-29(34)27(18-23-9-6-5-7-10-23)32(19-24-11-8-12-25(30)17-24)28(33)20-35-26-15-13-21(2)14-16-26/h5-17,22,27H,4,18-20H2,1-3H3,(H,31,34)/t22-,27-/m1/s1. The van der Waals surface area contributed by atoms with Crippen molar-refractivity contribution in [2.24, 2.45) is 0 Å². The molecule has 35 heavy (non-hydrogen) atoms. The van der Waals surface area contributed by atoms with Crippen LogP contribution in [0.4, 0.5) is 0 Å². The minimum absolute atomic E-state index is 0.0329. The molecule has 3 aromatic carbocycles. The minimum Gasteiger partial charge on any atom is -0.352 e. The van der Waals surface area contributed by atoms with Crippen LogP contribution in [0.2, 0.25) is 0 Å². The summed E-state index contributed by atoms with van der Waals surface area (Å²) in [6.07, 6.45) is 1.28. The maximum Gasteiger partial charge on any atom is 0.243 e. The van der Waals surface area contributed by atoms with Crippen LogP contribution in [0.15, 0.2) is 88.2 Å². The zero-order valence-corrected chi connectivity index (χ0v) is 22.9. The fraction of sp³-hybridized carbons (Fsp3) is 0.310. The molecule has 3 rings (SSSR count). The summed E-state index contributed by atoms with van der Waals surface area (Å²) in [6, 6.07) is 25.4. The number of aryl methyl sites for hydroxylation is 1. The lowest BCUT2D eigenvalue weighted by atomic mass is 10.0. The Kier molecular flexibility index (Phi) is 10.4. The van der Waals surface area contributed by atoms with Gasteiger partial charge in [0.25, 0.3) is 0 Å². The second kappa shape index (κ2) is 13.5. The van der Waals surface area contributed by atoms with E-state index in [9.17, 15) is 9.59 Å². The van der Waals surface area contributed by atoms with E-state index in [0.29, 0.717) is 13.0 Å². The van der Waals surface area contributed by atoms with Crippen molar-refractivity contribution in [2.45, 2.75) is 57.1 Å². The molecule has 0 radical (unpaired) electrons. The first kappa shape index (κ1) is 27.0. The number of benzene rings is 3. The van der Waals surface area contributed by atoms with Crippen LogP contribution < -0.4 is 5.32 Å². The van der Waals surface area contributed by atoms with Crippen molar-refractivity contribution < 1.29 is 9.59 Å². The molecule has 3 aromatic rings. The van der Waals surface area contributed by atoms with E-state index in [0.717, 1.165) is 26.9 Å². The van der Waals surface area contributed by atoms with Crippen molar-refractivity contribution in [3.8, 4) is 0 Å². The number of hydrogen-bond acceptors (Lipinski definition) is 3. The Labute approximate surface area is 221 Å². The second-order valence-corrected chi connectivity index (χ2v) is 10.7. The summed E-state index contributed by atoms with van der Waals surface area (Å²) < 4.78 is 0.945. The van der Waals surface area contributed by atoms with Gasteiger partial charge in [0.1, 0.15) is 6.04 Å². The van der Waals surface area contributed by atoms with Gasteiger partial charge in [0, 0.05) is 28.4 Å². The highest BCUT2D eigenvalue weighted by Gasteiger charge is 2.31. The third kappa shape index (κ3) is 8.55. The average Bonchev–Trinajstić information content (AvgIpc) is 2.86. The fourth-order valence-electron chi connectivity index (χ4n) is 3.69. The van der Waals surface area contributed by atoms with Gasteiger partial charge in [-0.25, -0.2) is 0 Å². The van der Waals surface area contributed by atoms with Gasteiger partial charge in [-0.2, -0.15) is 0 Å². The highest BCUT2D eigenvalue weighted by atomic mass is 79.9. The predicted molar refractivity (Wildman–Crippen MR) is 148 cm³/mol. The molecule has 6 heteroatoms. The molecule has 0 bridgehead atoms. The van der Waals surface area contributed by atoms with Crippen LogP contribution in [0.3, 0.4) is 0 Å². The minimum atomic E-state index is -0.614. The topological polar surface area (TPSA) is 49.4 Å². The molecule has 0 aromatic heterocycles. The van der Waals surface area contributed by atoms with E-state index < -0.39 is 6.04 Å². The first-order chi connectivity index (χ1) is 16.9. The zero-order chi connectivity index (χ0) is 25.2. The SMILES string of the molecule is CC[C@@H](C)NC(=O)[C@@H](Cc1ccccc1)N(Cc1cccc(Br)c1)C(=O)CSc1ccc(C)cc1. The van der Waals surface area contributed by atoms with Crippen molar-refractivity contribution in [1.82, 2.24) is 10.2 Å². The van der Waals surface area contributed by atoms with E-state index in [1.807, 2.05) is 99.6 Å². The lowest BCUT2D eigenvalue weighted by molar-refractivity contribution is -0.139. The molecule has 2 amide bonds. The van der Waals surface area contributed by atoms with Crippen LogP contribution in [-0.4, -0.2) is 34.6 Å². The van der Waals surface area contributed by atoms with Gasteiger partial charge in [-0.05, 0) is 55.7 Å². The number of amides is 2. The summed E-state index contributed by atoms with van der Waals surface area (Å²) in [6.45, 7) is 6.44. The van der Waals surface area contributed by atoms with Gasteiger partial charge in [-0.3, -0.25) is 9.59 Å². The van der Waals surface area contributed by atoms with Crippen LogP contribution >= 0.6 is 27.7 Å². The summed E-state index contributed by atoms with van der Waals surface area (Å²) in [5, 5.41) is 3.11. The smallest absolute Gasteiger partial charge is 0.243 e. The normalized spacial score (nSPS) is 12.6. The number of halogens is 1. The van der Waals surface area contributed by atoms with Crippen molar-refractivity contribution >= 4 is 39.5 Å². The number of carbonyl (C=O) groups excluding carboxylic acids is 2. The molecule has 0 saturated carbocycles. The molecule has 184 valence electrons. The largest absolute Gasteiger partial charge is 0.352 e. The Hall–Kier alpha value is -2.57. The lowest BCUT2D eigenvalue weighted by Gasteiger charge is -2.32. The summed E-state index contributed by atoms with van der Waals surface area (Å²) in [4.78, 5) is 30.0. The Bertz CT molecular complexity index is 1110. The average molecular weight is 554 g/mol. The number of nitrogens with one attached hydrogen (secondary N) is 1. The molecule has 0 spiro atoms. The maximum absolute atomic E-state index is 13.7. The zero-order valence-electron chi connectivity index (χ0n) is 20.5. The van der Waals surface area contributed by atoms with Crippen molar-refractivity contribution in [2.75, 3.05) is 5.75 Å². The number of nitrogens with zero attached hydrogens (tertiary/aromatic N) is 1. The molecule has 0 heterocycles. The number of rotatable bonds is 11. The Morgan fingerprint density at radius 1 is 0.971 bits per heavy atom. The fourth-order valence-corrected chi connectivity index (χ4v) is 4.92. The van der Waals surface area contributed by atoms with E-state index in [2.05, 4.69) is 21.2 Å². The van der Waals surface area contributed by atoms with Gasteiger partial charge in [0.2, 0.25) is 11.8 Å².